The molecule has 0 aliphatic heterocycles. The Morgan fingerprint density at radius 3 is 2.33 bits per heavy atom. The second kappa shape index (κ2) is 5.92. The van der Waals surface area contributed by atoms with E-state index >= 15 is 0 Å². The van der Waals surface area contributed by atoms with Crippen molar-refractivity contribution >= 4 is 5.97 Å². The van der Waals surface area contributed by atoms with E-state index in [4.69, 9.17) is 5.73 Å². The van der Waals surface area contributed by atoms with Gasteiger partial charge in [0.25, 0.3) is 0 Å². The largest absolute Gasteiger partial charge is 0.462 e. The fraction of sp³-hybridized carbons (Fsp3) is 0.417. The van der Waals surface area contributed by atoms with Crippen molar-refractivity contribution in [2.24, 2.45) is 5.73 Å². The van der Waals surface area contributed by atoms with Crippen molar-refractivity contribution in [1.82, 2.24) is 0 Å². The van der Waals surface area contributed by atoms with Gasteiger partial charge in [0.2, 0.25) is 0 Å². The zero-order chi connectivity index (χ0) is 16.4. The van der Waals surface area contributed by atoms with E-state index in [1.165, 1.54) is 6.92 Å². The van der Waals surface area contributed by atoms with Gasteiger partial charge >= 0.3 is 18.1 Å². The number of esters is 1. The predicted octanol–water partition coefficient (Wildman–Crippen LogP) is 3.04. The van der Waals surface area contributed by atoms with Crippen LogP contribution in [0.4, 0.5) is 26.3 Å². The number of carbonyl (C=O) groups excluding carboxylic acids is 1. The van der Waals surface area contributed by atoms with Gasteiger partial charge in [0, 0.05) is 0 Å². The van der Waals surface area contributed by atoms with E-state index in [9.17, 15) is 31.1 Å². The second-order valence-electron chi connectivity index (χ2n) is 4.06. The molecule has 9 heteroatoms. The van der Waals surface area contributed by atoms with E-state index in [2.05, 4.69) is 4.74 Å². The van der Waals surface area contributed by atoms with Gasteiger partial charge < -0.3 is 10.5 Å². The van der Waals surface area contributed by atoms with Crippen LogP contribution in [0.25, 0.3) is 0 Å². The van der Waals surface area contributed by atoms with Gasteiger partial charge in [-0.15, -0.1) is 0 Å². The molecule has 0 unspecified atom stereocenters. The maximum absolute atomic E-state index is 13.6. The lowest BCUT2D eigenvalue weighted by molar-refractivity contribution is -0.174. The highest BCUT2D eigenvalue weighted by atomic mass is 19.4. The first-order valence-electron chi connectivity index (χ1n) is 5.69. The lowest BCUT2D eigenvalue weighted by atomic mass is 9.99. The van der Waals surface area contributed by atoms with Crippen LogP contribution in [0.2, 0.25) is 0 Å². The van der Waals surface area contributed by atoms with E-state index in [0.29, 0.717) is 12.1 Å². The Morgan fingerprint density at radius 1 is 1.29 bits per heavy atom. The fourth-order valence-corrected chi connectivity index (χ4v) is 1.52. The molecule has 3 nitrogen and oxygen atoms in total. The van der Waals surface area contributed by atoms with Gasteiger partial charge in [-0.05, 0) is 24.6 Å². The lowest BCUT2D eigenvalue weighted by Crippen LogP contribution is -2.41. The van der Waals surface area contributed by atoms with Crippen LogP contribution in [-0.2, 0) is 15.7 Å². The summed E-state index contributed by atoms with van der Waals surface area (Å²) in [6, 6.07) is -1.23. The summed E-state index contributed by atoms with van der Waals surface area (Å²) >= 11 is 0. The molecule has 0 amide bonds. The lowest BCUT2D eigenvalue weighted by Gasteiger charge is -2.22. The highest BCUT2D eigenvalue weighted by Gasteiger charge is 2.48. The summed E-state index contributed by atoms with van der Waals surface area (Å²) in [4.78, 5) is 11.1. The van der Waals surface area contributed by atoms with E-state index in [1.807, 2.05) is 0 Å². The molecule has 0 aliphatic carbocycles. The first-order chi connectivity index (χ1) is 9.51. The van der Waals surface area contributed by atoms with Crippen molar-refractivity contribution in [1.29, 1.82) is 0 Å². The Morgan fingerprint density at radius 2 is 1.86 bits per heavy atom. The minimum Gasteiger partial charge on any atom is -0.462 e. The van der Waals surface area contributed by atoms with Crippen LogP contribution in [0, 0.1) is 5.82 Å². The fourth-order valence-electron chi connectivity index (χ4n) is 1.52. The zero-order valence-electron chi connectivity index (χ0n) is 10.7. The molecule has 0 bridgehead atoms. The van der Waals surface area contributed by atoms with Crippen molar-refractivity contribution in [3.63, 3.8) is 0 Å². The first kappa shape index (κ1) is 17.3. The zero-order valence-corrected chi connectivity index (χ0v) is 10.7. The van der Waals surface area contributed by atoms with Gasteiger partial charge in [-0.3, -0.25) is 0 Å². The van der Waals surface area contributed by atoms with Crippen molar-refractivity contribution in [3.05, 3.63) is 35.1 Å². The van der Waals surface area contributed by atoms with E-state index in [0.717, 1.165) is 0 Å². The normalized spacial score (nSPS) is 13.9. The highest BCUT2D eigenvalue weighted by Crippen LogP contribution is 2.36. The van der Waals surface area contributed by atoms with Crippen LogP contribution in [0.5, 0.6) is 0 Å². The van der Waals surface area contributed by atoms with E-state index < -0.39 is 41.1 Å². The molecule has 0 fully saturated rings. The van der Waals surface area contributed by atoms with E-state index in [-0.39, 0.29) is 12.7 Å². The number of halogens is 6. The van der Waals surface area contributed by atoms with Crippen molar-refractivity contribution in [2.45, 2.75) is 25.1 Å². The van der Waals surface area contributed by atoms with Gasteiger partial charge in [0.15, 0.2) is 0 Å². The van der Waals surface area contributed by atoms with Crippen LogP contribution < -0.4 is 5.73 Å². The Kier molecular flexibility index (Phi) is 4.87. The average molecular weight is 315 g/mol. The summed E-state index contributed by atoms with van der Waals surface area (Å²) in [6.45, 7) is 0.928. The highest BCUT2D eigenvalue weighted by molar-refractivity contribution is 5.78. The predicted molar refractivity (Wildman–Crippen MR) is 59.9 cm³/mol. The molecule has 1 aromatic rings. The molecule has 0 aromatic heterocycles. The van der Waals surface area contributed by atoms with Crippen LogP contribution in [0.3, 0.4) is 0 Å². The minimum absolute atomic E-state index is 0.146. The molecule has 0 saturated heterocycles. The molecule has 0 aliphatic rings. The number of ether oxygens (including phenoxy) is 1. The number of hydrogen-bond acceptors (Lipinski definition) is 3. The molecule has 1 aromatic carbocycles. The maximum atomic E-state index is 13.6. The average Bonchev–Trinajstić information content (AvgIpc) is 2.37. The van der Waals surface area contributed by atoms with Gasteiger partial charge in [0.05, 0.1) is 12.2 Å². The van der Waals surface area contributed by atoms with Gasteiger partial charge in [-0.25, -0.2) is 9.18 Å². The third kappa shape index (κ3) is 3.66. The molecule has 0 saturated carbocycles. The molecule has 1 rings (SSSR count). The number of alkyl halides is 5. The van der Waals surface area contributed by atoms with Crippen molar-refractivity contribution in [2.75, 3.05) is 6.61 Å². The Labute approximate surface area is 115 Å². The summed E-state index contributed by atoms with van der Waals surface area (Å²) in [5, 5.41) is 0. The monoisotopic (exact) mass is 315 g/mol. The van der Waals surface area contributed by atoms with Crippen molar-refractivity contribution < 1.29 is 35.9 Å². The Hall–Kier alpha value is -1.77. The Bertz CT molecular complexity index is 529. The minimum atomic E-state index is -5.07. The number of rotatable bonds is 4. The van der Waals surface area contributed by atoms with Crippen LogP contribution in [-0.4, -0.2) is 18.5 Å². The number of hydrogen-bond donors (Lipinski definition) is 1. The van der Waals surface area contributed by atoms with Crippen LogP contribution in [0.15, 0.2) is 18.2 Å². The standard InChI is InChI=1S/C12H11F6NO2/c1-2-21-10(20)11(14,15)9(19)6-3-4-8(13)7(5-6)12(16,17)18/h3-5,9H,2,19H2,1H3/t9-/m1/s1. The number of benzene rings is 1. The summed E-state index contributed by atoms with van der Waals surface area (Å²) in [5.74, 6) is -7.83. The summed E-state index contributed by atoms with van der Waals surface area (Å²) in [5.41, 5.74) is 2.65. The summed E-state index contributed by atoms with van der Waals surface area (Å²) < 4.78 is 82.0. The second-order valence-corrected chi connectivity index (χ2v) is 4.06. The SMILES string of the molecule is CCOC(=O)C(F)(F)[C@H](N)c1ccc(F)c(C(F)(F)F)c1. The molecule has 2 N–H and O–H groups in total. The molecular formula is C12H11F6NO2. The summed E-state index contributed by atoms with van der Waals surface area (Å²) in [6.07, 6.45) is -5.07. The molecular weight excluding hydrogens is 304 g/mol. The third-order valence-corrected chi connectivity index (χ3v) is 2.59. The summed E-state index contributed by atoms with van der Waals surface area (Å²) in [7, 11) is 0. The van der Waals surface area contributed by atoms with Gasteiger partial charge in [-0.2, -0.15) is 22.0 Å². The van der Waals surface area contributed by atoms with E-state index in [1.54, 1.807) is 0 Å². The smallest absolute Gasteiger partial charge is 0.419 e. The first-order valence-corrected chi connectivity index (χ1v) is 5.69. The molecule has 21 heavy (non-hydrogen) atoms. The topological polar surface area (TPSA) is 52.3 Å². The molecule has 0 radical (unpaired) electrons. The number of nitrogens with two attached hydrogens (primary N) is 1. The maximum Gasteiger partial charge on any atom is 0.419 e. The van der Waals surface area contributed by atoms with Gasteiger partial charge in [0.1, 0.15) is 11.9 Å². The van der Waals surface area contributed by atoms with Gasteiger partial charge in [-0.1, -0.05) is 6.07 Å². The quantitative estimate of drug-likeness (QED) is 0.686. The van der Waals surface area contributed by atoms with Crippen LogP contribution >= 0.6 is 0 Å². The Balaban J connectivity index is 3.19. The number of carbonyl (C=O) groups is 1. The molecule has 1 atom stereocenters. The van der Waals surface area contributed by atoms with Crippen molar-refractivity contribution in [3.8, 4) is 0 Å². The molecule has 118 valence electrons. The third-order valence-electron chi connectivity index (χ3n) is 2.59. The molecule has 0 heterocycles. The van der Waals surface area contributed by atoms with Crippen LogP contribution in [0.1, 0.15) is 24.1 Å². The molecule has 0 spiro atoms.